The van der Waals surface area contributed by atoms with Gasteiger partial charge < -0.3 is 19.3 Å². The summed E-state index contributed by atoms with van der Waals surface area (Å²) in [4.78, 5) is 24.5. The highest BCUT2D eigenvalue weighted by Gasteiger charge is 2.32. The Balaban J connectivity index is 1.08. The standard InChI is InChI=1S/C30H33FN4O3/c1-37-28-18-21-16-26-27(32-20-25-4-2-10-35(25)30(26)36)17-22(21)19-29(28)38-15-3-9-33-11-13-34(14-12-33)24-7-5-23(31)6-8-24/h5-8,16-20,25H,2-4,9-15H2,1H3/t25-/m0/s1. The third-order valence-corrected chi connectivity index (χ3v) is 7.85. The Morgan fingerprint density at radius 3 is 2.53 bits per heavy atom. The SMILES string of the molecule is COc1cc2cc3c(cc2cc1OCCCN1CCN(c2ccc(F)cc2)CC1)N=C[C@@H]1CCCN1C3=O. The number of benzene rings is 3. The molecule has 0 unspecified atom stereocenters. The first-order valence-corrected chi connectivity index (χ1v) is 13.5. The van der Waals surface area contributed by atoms with E-state index in [4.69, 9.17) is 9.47 Å². The fourth-order valence-electron chi connectivity index (χ4n) is 5.72. The number of fused-ring (bicyclic) bond motifs is 3. The Bertz CT molecular complexity index is 1350. The molecule has 0 saturated carbocycles. The number of carbonyl (C=O) groups is 1. The van der Waals surface area contributed by atoms with E-state index in [0.717, 1.165) is 75.0 Å². The van der Waals surface area contributed by atoms with Gasteiger partial charge in [-0.3, -0.25) is 14.7 Å². The number of amides is 1. The van der Waals surface area contributed by atoms with Gasteiger partial charge in [0.2, 0.25) is 0 Å². The third kappa shape index (κ3) is 4.92. The van der Waals surface area contributed by atoms with Gasteiger partial charge in [0.1, 0.15) is 5.82 Å². The molecule has 1 amide bonds. The summed E-state index contributed by atoms with van der Waals surface area (Å²) >= 11 is 0. The van der Waals surface area contributed by atoms with Crippen molar-refractivity contribution in [1.82, 2.24) is 9.80 Å². The van der Waals surface area contributed by atoms with Crippen LogP contribution in [0.4, 0.5) is 15.8 Å². The molecule has 2 fully saturated rings. The zero-order chi connectivity index (χ0) is 26.1. The minimum Gasteiger partial charge on any atom is -0.493 e. The molecule has 0 radical (unpaired) electrons. The van der Waals surface area contributed by atoms with Crippen LogP contribution in [0.25, 0.3) is 10.8 Å². The summed E-state index contributed by atoms with van der Waals surface area (Å²) in [5.74, 6) is 1.22. The van der Waals surface area contributed by atoms with Gasteiger partial charge in [0.15, 0.2) is 11.5 Å². The van der Waals surface area contributed by atoms with Crippen molar-refractivity contribution < 1.29 is 18.7 Å². The molecule has 7 nitrogen and oxygen atoms in total. The Hall–Kier alpha value is -3.65. The van der Waals surface area contributed by atoms with Crippen molar-refractivity contribution >= 4 is 34.3 Å². The number of carbonyl (C=O) groups excluding carboxylic acids is 1. The van der Waals surface area contributed by atoms with Crippen molar-refractivity contribution in [2.75, 3.05) is 57.9 Å². The molecule has 0 N–H and O–H groups in total. The average molecular weight is 517 g/mol. The normalized spacial score (nSPS) is 19.4. The van der Waals surface area contributed by atoms with Crippen molar-refractivity contribution in [3.8, 4) is 11.5 Å². The van der Waals surface area contributed by atoms with Gasteiger partial charge in [0.05, 0.1) is 31.0 Å². The smallest absolute Gasteiger partial charge is 0.256 e. The first kappa shape index (κ1) is 24.7. The maximum Gasteiger partial charge on any atom is 0.256 e. The zero-order valence-electron chi connectivity index (χ0n) is 21.7. The number of aliphatic imine (C=N–C) groups is 1. The lowest BCUT2D eigenvalue weighted by Crippen LogP contribution is -2.46. The largest absolute Gasteiger partial charge is 0.493 e. The molecule has 3 aromatic rings. The number of hydrogen-bond acceptors (Lipinski definition) is 6. The van der Waals surface area contributed by atoms with E-state index < -0.39 is 0 Å². The van der Waals surface area contributed by atoms with Crippen LogP contribution in [0.2, 0.25) is 0 Å². The van der Waals surface area contributed by atoms with Crippen molar-refractivity contribution in [1.29, 1.82) is 0 Å². The summed E-state index contributed by atoms with van der Waals surface area (Å²) in [6, 6.07) is 14.7. The Kier molecular flexibility index (Phi) is 6.89. The molecule has 0 aromatic heterocycles. The maximum absolute atomic E-state index is 13.2. The number of nitrogens with zero attached hydrogens (tertiary/aromatic N) is 4. The monoisotopic (exact) mass is 516 g/mol. The topological polar surface area (TPSA) is 57.6 Å². The molecule has 6 rings (SSSR count). The van der Waals surface area contributed by atoms with E-state index in [1.807, 2.05) is 47.5 Å². The number of anilines is 1. The Morgan fingerprint density at radius 2 is 1.74 bits per heavy atom. The predicted molar refractivity (Wildman–Crippen MR) is 148 cm³/mol. The van der Waals surface area contributed by atoms with E-state index in [-0.39, 0.29) is 17.8 Å². The second-order valence-electron chi connectivity index (χ2n) is 10.2. The van der Waals surface area contributed by atoms with Crippen LogP contribution in [0.15, 0.2) is 53.5 Å². The summed E-state index contributed by atoms with van der Waals surface area (Å²) in [6.45, 7) is 6.12. The average Bonchev–Trinajstić information content (AvgIpc) is 3.38. The summed E-state index contributed by atoms with van der Waals surface area (Å²) in [7, 11) is 1.64. The fraction of sp³-hybridized carbons (Fsp3) is 0.400. The van der Waals surface area contributed by atoms with E-state index >= 15 is 0 Å². The van der Waals surface area contributed by atoms with Crippen LogP contribution in [0.5, 0.6) is 11.5 Å². The highest BCUT2D eigenvalue weighted by molar-refractivity contribution is 6.07. The van der Waals surface area contributed by atoms with E-state index in [9.17, 15) is 9.18 Å². The molecular weight excluding hydrogens is 483 g/mol. The second kappa shape index (κ2) is 10.6. The number of piperazine rings is 1. The number of rotatable bonds is 7. The molecule has 0 bridgehead atoms. The number of hydrogen-bond donors (Lipinski definition) is 0. The van der Waals surface area contributed by atoms with Crippen LogP contribution in [-0.2, 0) is 0 Å². The molecule has 8 heteroatoms. The summed E-state index contributed by atoms with van der Waals surface area (Å²) in [6.07, 6.45) is 4.81. The van der Waals surface area contributed by atoms with Crippen LogP contribution in [0, 0.1) is 5.82 Å². The van der Waals surface area contributed by atoms with Crippen LogP contribution in [0.3, 0.4) is 0 Å². The molecular formula is C30H33FN4O3. The van der Waals surface area contributed by atoms with Gasteiger partial charge in [-0.15, -0.1) is 0 Å². The minimum atomic E-state index is -0.200. The molecule has 38 heavy (non-hydrogen) atoms. The maximum atomic E-state index is 13.2. The van der Waals surface area contributed by atoms with Crippen LogP contribution < -0.4 is 14.4 Å². The Morgan fingerprint density at radius 1 is 0.974 bits per heavy atom. The molecule has 3 heterocycles. The molecule has 0 aliphatic carbocycles. The van der Waals surface area contributed by atoms with Crippen molar-refractivity contribution in [3.05, 3.63) is 59.9 Å². The van der Waals surface area contributed by atoms with Gasteiger partial charge in [-0.25, -0.2) is 4.39 Å². The van der Waals surface area contributed by atoms with E-state index in [1.165, 1.54) is 12.1 Å². The number of halogens is 1. The summed E-state index contributed by atoms with van der Waals surface area (Å²) in [5, 5.41) is 1.91. The summed E-state index contributed by atoms with van der Waals surface area (Å²) < 4.78 is 25.0. The predicted octanol–water partition coefficient (Wildman–Crippen LogP) is 4.90. The molecule has 198 valence electrons. The van der Waals surface area contributed by atoms with E-state index in [0.29, 0.717) is 29.4 Å². The molecule has 2 saturated heterocycles. The molecule has 3 aromatic carbocycles. The molecule has 1 atom stereocenters. The Labute approximate surface area is 222 Å². The number of methoxy groups -OCH3 is 1. The lowest BCUT2D eigenvalue weighted by molar-refractivity contribution is 0.0775. The van der Waals surface area contributed by atoms with Gasteiger partial charge in [0, 0.05) is 51.2 Å². The highest BCUT2D eigenvalue weighted by Crippen LogP contribution is 2.37. The quantitative estimate of drug-likeness (QED) is 0.418. The van der Waals surface area contributed by atoms with Gasteiger partial charge in [-0.2, -0.15) is 0 Å². The van der Waals surface area contributed by atoms with Gasteiger partial charge in [-0.1, -0.05) is 0 Å². The van der Waals surface area contributed by atoms with E-state index in [2.05, 4.69) is 14.8 Å². The second-order valence-corrected chi connectivity index (χ2v) is 10.2. The van der Waals surface area contributed by atoms with Gasteiger partial charge in [0.25, 0.3) is 5.91 Å². The van der Waals surface area contributed by atoms with E-state index in [1.54, 1.807) is 7.11 Å². The first-order valence-electron chi connectivity index (χ1n) is 13.5. The third-order valence-electron chi connectivity index (χ3n) is 7.85. The molecule has 3 aliphatic rings. The van der Waals surface area contributed by atoms with Crippen molar-refractivity contribution in [3.63, 3.8) is 0 Å². The van der Waals surface area contributed by atoms with Gasteiger partial charge in [-0.05, 0) is 78.6 Å². The van der Waals surface area contributed by atoms with Crippen molar-refractivity contribution in [2.24, 2.45) is 4.99 Å². The summed E-state index contributed by atoms with van der Waals surface area (Å²) in [5.41, 5.74) is 2.44. The van der Waals surface area contributed by atoms with Crippen LogP contribution in [-0.4, -0.2) is 80.9 Å². The van der Waals surface area contributed by atoms with Crippen LogP contribution in [0.1, 0.15) is 29.6 Å². The molecule has 3 aliphatic heterocycles. The first-order chi connectivity index (χ1) is 18.6. The van der Waals surface area contributed by atoms with Crippen molar-refractivity contribution in [2.45, 2.75) is 25.3 Å². The van der Waals surface area contributed by atoms with Crippen LogP contribution >= 0.6 is 0 Å². The molecule has 0 spiro atoms. The lowest BCUT2D eigenvalue weighted by atomic mass is 10.0. The van der Waals surface area contributed by atoms with Gasteiger partial charge >= 0.3 is 0 Å². The minimum absolute atomic E-state index is 0.0553. The lowest BCUT2D eigenvalue weighted by Gasteiger charge is -2.36. The fourth-order valence-corrected chi connectivity index (χ4v) is 5.72. The zero-order valence-corrected chi connectivity index (χ0v) is 21.7. The number of ether oxygens (including phenoxy) is 2. The highest BCUT2D eigenvalue weighted by atomic mass is 19.1.